The van der Waals surface area contributed by atoms with Gasteiger partial charge in [0, 0.05) is 5.56 Å². The van der Waals surface area contributed by atoms with Crippen molar-refractivity contribution in [3.8, 4) is 5.75 Å². The molecule has 3 unspecified atom stereocenters. The zero-order valence-corrected chi connectivity index (χ0v) is 9.59. The van der Waals surface area contributed by atoms with Gasteiger partial charge in [-0.05, 0) is 12.1 Å². The Morgan fingerprint density at radius 3 is 3.06 bits per heavy atom. The van der Waals surface area contributed by atoms with Gasteiger partial charge in [0.1, 0.15) is 11.5 Å². The zero-order valence-electron chi connectivity index (χ0n) is 9.59. The molecule has 3 atom stereocenters. The van der Waals surface area contributed by atoms with E-state index < -0.39 is 0 Å². The van der Waals surface area contributed by atoms with Gasteiger partial charge in [-0.1, -0.05) is 30.4 Å². The molecule has 0 aromatic heterocycles. The van der Waals surface area contributed by atoms with E-state index in [-0.39, 0.29) is 23.8 Å². The number of hydrazine groups is 1. The van der Waals surface area contributed by atoms with Crippen LogP contribution in [0.1, 0.15) is 11.6 Å². The van der Waals surface area contributed by atoms with Crippen molar-refractivity contribution in [2.24, 2.45) is 11.8 Å². The molecule has 18 heavy (non-hydrogen) atoms. The summed E-state index contributed by atoms with van der Waals surface area (Å²) in [4.78, 5) is 11.9. The predicted molar refractivity (Wildman–Crippen MR) is 65.3 cm³/mol. The Kier molecular flexibility index (Phi) is 1.91. The van der Waals surface area contributed by atoms with Crippen molar-refractivity contribution < 1.29 is 9.53 Å². The van der Waals surface area contributed by atoms with Crippen LogP contribution in [0.2, 0.25) is 0 Å². The highest BCUT2D eigenvalue weighted by Gasteiger charge is 2.45. The van der Waals surface area contributed by atoms with E-state index in [4.69, 9.17) is 4.74 Å². The number of ether oxygens (including phenoxy) is 1. The van der Waals surface area contributed by atoms with Crippen LogP contribution in [0, 0.1) is 11.8 Å². The molecule has 1 amide bonds. The van der Waals surface area contributed by atoms with Gasteiger partial charge in [0.25, 0.3) is 0 Å². The minimum absolute atomic E-state index is 0.00100. The molecule has 2 N–H and O–H groups in total. The smallest absolute Gasteiger partial charge is 0.241 e. The molecule has 0 saturated carbocycles. The largest absolute Gasteiger partial charge is 0.461 e. The van der Waals surface area contributed by atoms with Crippen LogP contribution < -0.4 is 15.6 Å². The first-order chi connectivity index (χ1) is 8.84. The first-order valence-electron chi connectivity index (χ1n) is 6.05. The monoisotopic (exact) mass is 240 g/mol. The second kappa shape index (κ2) is 3.46. The number of allylic oxidation sites excluding steroid dienone is 2. The van der Waals surface area contributed by atoms with E-state index in [2.05, 4.69) is 10.9 Å². The van der Waals surface area contributed by atoms with Crippen LogP contribution in [-0.4, -0.2) is 5.91 Å². The van der Waals surface area contributed by atoms with Crippen molar-refractivity contribution in [1.82, 2.24) is 10.9 Å². The highest BCUT2D eigenvalue weighted by molar-refractivity contribution is 5.82. The van der Waals surface area contributed by atoms with Gasteiger partial charge < -0.3 is 4.74 Å². The minimum Gasteiger partial charge on any atom is -0.461 e. The third kappa shape index (κ3) is 1.21. The van der Waals surface area contributed by atoms with E-state index >= 15 is 0 Å². The van der Waals surface area contributed by atoms with Gasteiger partial charge >= 0.3 is 0 Å². The Morgan fingerprint density at radius 1 is 1.22 bits per heavy atom. The number of benzene rings is 1. The average molecular weight is 240 g/mol. The molecule has 2 heterocycles. The summed E-state index contributed by atoms with van der Waals surface area (Å²) >= 11 is 0. The molecule has 90 valence electrons. The Morgan fingerprint density at radius 2 is 2.11 bits per heavy atom. The van der Waals surface area contributed by atoms with E-state index in [0.29, 0.717) is 0 Å². The summed E-state index contributed by atoms with van der Waals surface area (Å²) in [6.45, 7) is 0. The number of fused-ring (bicyclic) bond motifs is 2. The molecule has 0 bridgehead atoms. The lowest BCUT2D eigenvalue weighted by molar-refractivity contribution is -0.129. The van der Waals surface area contributed by atoms with Crippen LogP contribution >= 0.6 is 0 Å². The molecule has 1 fully saturated rings. The standard InChI is InChI=1S/C14H12N2O2/c17-14-9-5-3-7-11-12(9)13(15-16-14)8-4-1-2-6-10(8)18-11/h1-7,9,12-13,15H,(H,16,17). The van der Waals surface area contributed by atoms with Gasteiger partial charge in [-0.25, -0.2) is 5.43 Å². The molecule has 1 aromatic carbocycles. The molecule has 1 saturated heterocycles. The van der Waals surface area contributed by atoms with Crippen LogP contribution in [0.25, 0.3) is 0 Å². The van der Waals surface area contributed by atoms with Gasteiger partial charge in [-0.15, -0.1) is 0 Å². The van der Waals surface area contributed by atoms with Gasteiger partial charge in [0.2, 0.25) is 5.91 Å². The summed E-state index contributed by atoms with van der Waals surface area (Å²) in [5, 5.41) is 0. The quantitative estimate of drug-likeness (QED) is 0.721. The zero-order chi connectivity index (χ0) is 12.1. The van der Waals surface area contributed by atoms with Crippen molar-refractivity contribution in [2.45, 2.75) is 6.04 Å². The first-order valence-corrected chi connectivity index (χ1v) is 6.05. The Bertz CT molecular complexity index is 591. The predicted octanol–water partition coefficient (Wildman–Crippen LogP) is 1.44. The summed E-state index contributed by atoms with van der Waals surface area (Å²) in [5.74, 6) is 1.64. The normalized spacial score (nSPS) is 31.7. The number of nitrogens with one attached hydrogen (secondary N) is 2. The maximum absolute atomic E-state index is 11.9. The number of carbonyl (C=O) groups is 1. The maximum Gasteiger partial charge on any atom is 0.241 e. The molecule has 0 spiro atoms. The molecule has 4 heteroatoms. The SMILES string of the molecule is O=C1NNC2c3ccccc3OC3=CC=CC1C32. The Balaban J connectivity index is 1.88. The van der Waals surface area contributed by atoms with Crippen LogP contribution in [0.5, 0.6) is 5.75 Å². The third-order valence-corrected chi connectivity index (χ3v) is 3.79. The molecule has 0 radical (unpaired) electrons. The Labute approximate surface area is 104 Å². The third-order valence-electron chi connectivity index (χ3n) is 3.79. The number of hydrogen-bond donors (Lipinski definition) is 2. The van der Waals surface area contributed by atoms with E-state index in [9.17, 15) is 4.79 Å². The second-order valence-corrected chi connectivity index (χ2v) is 4.76. The molecule has 4 nitrogen and oxygen atoms in total. The fourth-order valence-corrected chi connectivity index (χ4v) is 2.95. The summed E-state index contributed by atoms with van der Waals surface area (Å²) in [5.41, 5.74) is 6.95. The van der Waals surface area contributed by atoms with Gasteiger partial charge in [0.15, 0.2) is 0 Å². The van der Waals surface area contributed by atoms with Crippen LogP contribution in [0.4, 0.5) is 0 Å². The summed E-state index contributed by atoms with van der Waals surface area (Å²) in [6.07, 6.45) is 5.78. The number of amides is 1. The van der Waals surface area contributed by atoms with Crippen molar-refractivity contribution in [3.63, 3.8) is 0 Å². The highest BCUT2D eigenvalue weighted by Crippen LogP contribution is 2.46. The molecular weight excluding hydrogens is 228 g/mol. The molecule has 4 rings (SSSR count). The van der Waals surface area contributed by atoms with Crippen LogP contribution in [0.15, 0.2) is 48.3 Å². The molecule has 1 aliphatic carbocycles. The van der Waals surface area contributed by atoms with Crippen molar-refractivity contribution in [2.75, 3.05) is 0 Å². The van der Waals surface area contributed by atoms with Gasteiger partial charge in [-0.3, -0.25) is 10.2 Å². The lowest BCUT2D eigenvalue weighted by Gasteiger charge is -2.43. The minimum atomic E-state index is -0.149. The highest BCUT2D eigenvalue weighted by atomic mass is 16.5. The molecule has 1 aromatic rings. The fraction of sp³-hybridized carbons (Fsp3) is 0.214. The molecule has 3 aliphatic rings. The molecule has 2 aliphatic heterocycles. The lowest BCUT2D eigenvalue weighted by Crippen LogP contribution is -2.56. The number of hydrogen-bond acceptors (Lipinski definition) is 3. The fourth-order valence-electron chi connectivity index (χ4n) is 2.95. The number of rotatable bonds is 0. The van der Waals surface area contributed by atoms with Crippen LogP contribution in [-0.2, 0) is 4.79 Å². The van der Waals surface area contributed by atoms with E-state index in [1.165, 1.54) is 0 Å². The number of para-hydroxylation sites is 1. The van der Waals surface area contributed by atoms with E-state index in [1.54, 1.807) is 0 Å². The summed E-state index contributed by atoms with van der Waals surface area (Å²) < 4.78 is 5.91. The van der Waals surface area contributed by atoms with Gasteiger partial charge in [-0.2, -0.15) is 0 Å². The summed E-state index contributed by atoms with van der Waals surface area (Å²) in [7, 11) is 0. The molecular formula is C14H12N2O2. The van der Waals surface area contributed by atoms with Crippen molar-refractivity contribution >= 4 is 5.91 Å². The Hall–Kier alpha value is -2.07. The maximum atomic E-state index is 11.9. The van der Waals surface area contributed by atoms with E-state index in [0.717, 1.165) is 17.1 Å². The summed E-state index contributed by atoms with van der Waals surface area (Å²) in [6, 6.07) is 8.02. The second-order valence-electron chi connectivity index (χ2n) is 4.76. The lowest BCUT2D eigenvalue weighted by atomic mass is 9.76. The first kappa shape index (κ1) is 9.91. The van der Waals surface area contributed by atoms with Gasteiger partial charge in [0.05, 0.1) is 17.9 Å². The topological polar surface area (TPSA) is 50.4 Å². The average Bonchev–Trinajstić information content (AvgIpc) is 2.42. The van der Waals surface area contributed by atoms with E-state index in [1.807, 2.05) is 42.5 Å². The number of carbonyl (C=O) groups excluding carboxylic acids is 1. The van der Waals surface area contributed by atoms with Crippen LogP contribution in [0.3, 0.4) is 0 Å². The van der Waals surface area contributed by atoms with Crippen molar-refractivity contribution in [3.05, 3.63) is 53.8 Å². The van der Waals surface area contributed by atoms with Crippen molar-refractivity contribution in [1.29, 1.82) is 0 Å².